The highest BCUT2D eigenvalue weighted by atomic mass is 31.2. The summed E-state index contributed by atoms with van der Waals surface area (Å²) >= 11 is 0. The van der Waals surface area contributed by atoms with E-state index in [1.165, 1.54) is 205 Å². The van der Waals surface area contributed by atoms with Gasteiger partial charge in [-0.2, -0.15) is 0 Å². The summed E-state index contributed by atoms with van der Waals surface area (Å²) in [5.74, 6) is -0.326. The molecule has 0 heterocycles. The normalized spacial score (nSPS) is 13.5. The average molecular weight is 924 g/mol. The van der Waals surface area contributed by atoms with Crippen molar-refractivity contribution in [1.82, 2.24) is 0 Å². The molecule has 378 valence electrons. The average Bonchev–Trinajstić information content (AvgIpc) is 3.29. The van der Waals surface area contributed by atoms with E-state index < -0.39 is 13.9 Å². The van der Waals surface area contributed by atoms with Gasteiger partial charge in [0.25, 0.3) is 0 Å². The van der Waals surface area contributed by atoms with Gasteiger partial charge in [-0.05, 0) is 51.4 Å². The molecule has 2 atom stereocenters. The highest BCUT2D eigenvalue weighted by Crippen LogP contribution is 2.43. The van der Waals surface area contributed by atoms with Gasteiger partial charge in [-0.15, -0.1) is 0 Å². The number of hydrogen-bond acceptors (Lipinski definition) is 7. The second kappa shape index (κ2) is 52.7. The van der Waals surface area contributed by atoms with E-state index in [9.17, 15) is 14.3 Å². The molecule has 0 saturated heterocycles. The van der Waals surface area contributed by atoms with E-state index in [2.05, 4.69) is 50.3 Å². The highest BCUT2D eigenvalue weighted by molar-refractivity contribution is 7.47. The zero-order valence-corrected chi connectivity index (χ0v) is 43.2. The van der Waals surface area contributed by atoms with Crippen LogP contribution in [0.25, 0.3) is 0 Å². The van der Waals surface area contributed by atoms with Gasteiger partial charge < -0.3 is 20.1 Å². The van der Waals surface area contributed by atoms with Crippen LogP contribution in [-0.4, -0.2) is 49.9 Å². The van der Waals surface area contributed by atoms with Gasteiger partial charge in [0.05, 0.1) is 19.8 Å². The molecule has 9 heteroatoms. The van der Waals surface area contributed by atoms with Crippen LogP contribution < -0.4 is 5.73 Å². The molecule has 0 aromatic carbocycles. The zero-order valence-electron chi connectivity index (χ0n) is 42.3. The maximum Gasteiger partial charge on any atom is 0.472 e. The number of hydrogen-bond donors (Lipinski definition) is 2. The Morgan fingerprint density at radius 3 is 1.23 bits per heavy atom. The first-order valence-corrected chi connectivity index (χ1v) is 29.0. The van der Waals surface area contributed by atoms with Crippen molar-refractivity contribution in [2.24, 2.45) is 5.73 Å². The van der Waals surface area contributed by atoms with Gasteiger partial charge in [0.15, 0.2) is 0 Å². The Bertz CT molecular complexity index is 1080. The summed E-state index contributed by atoms with van der Waals surface area (Å²) in [6.45, 7) is 4.96. The number of rotatable bonds is 53. The number of phosphoric acid groups is 1. The molecular formula is C55H106NO7P. The van der Waals surface area contributed by atoms with Gasteiger partial charge in [-0.25, -0.2) is 4.57 Å². The third-order valence-electron chi connectivity index (χ3n) is 12.1. The second-order valence-corrected chi connectivity index (χ2v) is 19.9. The van der Waals surface area contributed by atoms with Crippen LogP contribution in [-0.2, 0) is 27.9 Å². The lowest BCUT2D eigenvalue weighted by Crippen LogP contribution is -2.28. The van der Waals surface area contributed by atoms with Crippen LogP contribution in [0.3, 0.4) is 0 Å². The number of ether oxygens (including phenoxy) is 2. The van der Waals surface area contributed by atoms with Crippen molar-refractivity contribution in [2.75, 3.05) is 33.0 Å². The molecule has 2 unspecified atom stereocenters. The Morgan fingerprint density at radius 2 is 0.828 bits per heavy atom. The van der Waals surface area contributed by atoms with Gasteiger partial charge in [0.2, 0.25) is 0 Å². The summed E-state index contributed by atoms with van der Waals surface area (Å²) in [6, 6.07) is 0. The quantitative estimate of drug-likeness (QED) is 0.0268. The predicted molar refractivity (Wildman–Crippen MR) is 275 cm³/mol. The summed E-state index contributed by atoms with van der Waals surface area (Å²) in [4.78, 5) is 22.6. The topological polar surface area (TPSA) is 117 Å². The van der Waals surface area contributed by atoms with E-state index in [0.717, 1.165) is 44.9 Å². The van der Waals surface area contributed by atoms with E-state index in [1.807, 2.05) is 0 Å². The molecule has 0 bridgehead atoms. The first kappa shape index (κ1) is 62.7. The molecule has 3 N–H and O–H groups in total. The lowest BCUT2D eigenvalue weighted by molar-refractivity contribution is -0.154. The molecule has 0 aliphatic rings. The van der Waals surface area contributed by atoms with Crippen molar-refractivity contribution in [3.05, 3.63) is 36.5 Å². The van der Waals surface area contributed by atoms with E-state index in [0.29, 0.717) is 13.0 Å². The SMILES string of the molecule is CCCCCCC/C=C\C/C=C\C/C=C\CCCCCCCCCCCCCOCC(COP(=O)(O)OCCN)OC(=O)CCCCCCCCCCCCCCCCCCCCC. The van der Waals surface area contributed by atoms with E-state index in [-0.39, 0.29) is 32.3 Å². The Balaban J connectivity index is 3.89. The van der Waals surface area contributed by atoms with Gasteiger partial charge >= 0.3 is 13.8 Å². The van der Waals surface area contributed by atoms with Crippen LogP contribution in [0.15, 0.2) is 36.5 Å². The Hall–Kier alpha value is -1.28. The predicted octanol–water partition coefficient (Wildman–Crippen LogP) is 17.3. The minimum absolute atomic E-state index is 0.0943. The number of carbonyl (C=O) groups excluding carboxylic acids is 1. The standard InChI is InChI=1S/C55H106NO7P/c1-3-5-7-9-11-13-15-17-19-21-23-24-25-26-27-28-29-31-33-35-37-39-41-43-45-47-50-60-52-54(53-62-64(58,59)61-51-49-56)63-55(57)48-46-44-42-40-38-36-34-32-30-22-20-18-16-14-12-10-8-6-4-2/h15,17,21,23,25-26,54H,3-14,16,18-20,22,24,27-53,56H2,1-2H3,(H,58,59)/b17-15-,23-21-,26-25-. The minimum Gasteiger partial charge on any atom is -0.457 e. The fourth-order valence-electron chi connectivity index (χ4n) is 8.01. The van der Waals surface area contributed by atoms with Crippen molar-refractivity contribution in [2.45, 2.75) is 277 Å². The summed E-state index contributed by atoms with van der Waals surface area (Å²) in [7, 11) is -4.28. The van der Waals surface area contributed by atoms with E-state index in [1.54, 1.807) is 0 Å². The monoisotopic (exact) mass is 924 g/mol. The van der Waals surface area contributed by atoms with Crippen LogP contribution in [0.2, 0.25) is 0 Å². The first-order valence-electron chi connectivity index (χ1n) is 27.5. The van der Waals surface area contributed by atoms with Gasteiger partial charge in [-0.1, -0.05) is 249 Å². The number of esters is 1. The number of allylic oxidation sites excluding steroid dienone is 6. The molecule has 0 fully saturated rings. The highest BCUT2D eigenvalue weighted by Gasteiger charge is 2.25. The molecule has 64 heavy (non-hydrogen) atoms. The van der Waals surface area contributed by atoms with Crippen LogP contribution in [0, 0.1) is 0 Å². The van der Waals surface area contributed by atoms with Crippen LogP contribution in [0.5, 0.6) is 0 Å². The van der Waals surface area contributed by atoms with Crippen molar-refractivity contribution >= 4 is 13.8 Å². The lowest BCUT2D eigenvalue weighted by atomic mass is 10.0. The molecule has 0 aromatic rings. The Morgan fingerprint density at radius 1 is 0.469 bits per heavy atom. The summed E-state index contributed by atoms with van der Waals surface area (Å²) in [5.41, 5.74) is 5.40. The molecule has 0 rings (SSSR count). The molecule has 0 aromatic heterocycles. The lowest BCUT2D eigenvalue weighted by Gasteiger charge is -2.20. The summed E-state index contributed by atoms with van der Waals surface area (Å²) in [6.07, 6.45) is 63.3. The van der Waals surface area contributed by atoms with Crippen molar-refractivity contribution in [3.8, 4) is 0 Å². The zero-order chi connectivity index (χ0) is 46.5. The van der Waals surface area contributed by atoms with E-state index in [4.69, 9.17) is 24.3 Å². The molecule has 0 saturated carbocycles. The maximum atomic E-state index is 12.7. The van der Waals surface area contributed by atoms with Crippen molar-refractivity contribution < 1.29 is 32.8 Å². The number of nitrogens with two attached hydrogens (primary N) is 1. The fourth-order valence-corrected chi connectivity index (χ4v) is 8.77. The Kier molecular flexibility index (Phi) is 51.6. The minimum atomic E-state index is -4.28. The molecule has 0 spiro atoms. The molecular weight excluding hydrogens is 818 g/mol. The van der Waals surface area contributed by atoms with Crippen LogP contribution >= 0.6 is 7.82 Å². The largest absolute Gasteiger partial charge is 0.472 e. The Labute approximate surface area is 397 Å². The third-order valence-corrected chi connectivity index (χ3v) is 13.0. The van der Waals surface area contributed by atoms with Crippen LogP contribution in [0.4, 0.5) is 0 Å². The van der Waals surface area contributed by atoms with Gasteiger partial charge in [0, 0.05) is 19.6 Å². The van der Waals surface area contributed by atoms with Crippen molar-refractivity contribution in [1.29, 1.82) is 0 Å². The number of unbranched alkanes of at least 4 members (excludes halogenated alkanes) is 34. The molecule has 8 nitrogen and oxygen atoms in total. The number of phosphoric ester groups is 1. The third kappa shape index (κ3) is 51.7. The van der Waals surface area contributed by atoms with Gasteiger partial charge in [0.1, 0.15) is 6.10 Å². The van der Waals surface area contributed by atoms with Crippen molar-refractivity contribution in [3.63, 3.8) is 0 Å². The molecule has 0 aliphatic carbocycles. The smallest absolute Gasteiger partial charge is 0.457 e. The van der Waals surface area contributed by atoms with E-state index >= 15 is 0 Å². The fraction of sp³-hybridized carbons (Fsp3) is 0.873. The molecule has 0 amide bonds. The maximum absolute atomic E-state index is 12.7. The summed E-state index contributed by atoms with van der Waals surface area (Å²) in [5, 5.41) is 0. The molecule has 0 radical (unpaired) electrons. The number of carbonyl (C=O) groups is 1. The molecule has 0 aliphatic heterocycles. The second-order valence-electron chi connectivity index (χ2n) is 18.5. The summed E-state index contributed by atoms with van der Waals surface area (Å²) < 4.78 is 33.7. The van der Waals surface area contributed by atoms with Crippen LogP contribution in [0.1, 0.15) is 271 Å². The van der Waals surface area contributed by atoms with Gasteiger partial charge in [-0.3, -0.25) is 13.8 Å². The first-order chi connectivity index (χ1) is 31.4.